The summed E-state index contributed by atoms with van der Waals surface area (Å²) in [5.74, 6) is 1.42. The third-order valence-corrected chi connectivity index (χ3v) is 10.2. The summed E-state index contributed by atoms with van der Waals surface area (Å²) in [4.78, 5) is 22.9. The first-order valence-corrected chi connectivity index (χ1v) is 19.6. The van der Waals surface area contributed by atoms with Crippen LogP contribution in [0.15, 0.2) is 55.4 Å². The second-order valence-corrected chi connectivity index (χ2v) is 15.5. The number of anilines is 3. The van der Waals surface area contributed by atoms with E-state index in [0.717, 1.165) is 30.0 Å². The Kier molecular flexibility index (Phi) is 16.7. The van der Waals surface area contributed by atoms with Crippen LogP contribution in [0.2, 0.25) is 0 Å². The lowest BCUT2D eigenvalue weighted by atomic mass is 10.0. The van der Waals surface area contributed by atoms with Crippen molar-refractivity contribution in [3.8, 4) is 0 Å². The van der Waals surface area contributed by atoms with Crippen molar-refractivity contribution in [2.75, 3.05) is 93.2 Å². The van der Waals surface area contributed by atoms with Gasteiger partial charge in [0.15, 0.2) is 0 Å². The topological polar surface area (TPSA) is 54.9 Å². The van der Waals surface area contributed by atoms with Gasteiger partial charge in [-0.15, -0.1) is 0 Å². The van der Waals surface area contributed by atoms with Crippen LogP contribution in [-0.2, 0) is 0 Å². The van der Waals surface area contributed by atoms with Crippen molar-refractivity contribution in [1.82, 2.24) is 24.8 Å². The Morgan fingerprint density at radius 3 is 1.19 bits per heavy atom. The van der Waals surface area contributed by atoms with Gasteiger partial charge in [-0.05, 0) is 71.9 Å². The average molecular weight is 761 g/mol. The number of pyridine rings is 3. The number of aromatic nitrogens is 3. The van der Waals surface area contributed by atoms with E-state index in [-0.39, 0.29) is 6.54 Å². The number of piperidine rings is 1. The molecular weight excluding hydrogens is 699 g/mol. The molecule has 0 radical (unpaired) electrons. The van der Waals surface area contributed by atoms with Gasteiger partial charge in [0.25, 0.3) is 6.43 Å². The summed E-state index contributed by atoms with van der Waals surface area (Å²) in [5.41, 5.74) is 7.12. The Balaban J connectivity index is 0.000000182. The summed E-state index contributed by atoms with van der Waals surface area (Å²) >= 11 is 0. The molecule has 0 spiro atoms. The summed E-state index contributed by atoms with van der Waals surface area (Å²) < 4.78 is 61.6. The Labute approximate surface area is 319 Å². The monoisotopic (exact) mass is 760 g/mol. The molecule has 0 bridgehead atoms. The molecule has 6 heterocycles. The van der Waals surface area contributed by atoms with Crippen molar-refractivity contribution >= 4 is 17.1 Å². The predicted octanol–water partition coefficient (Wildman–Crippen LogP) is 8.68. The number of nitrogens with zero attached hydrogens (tertiary/aromatic N) is 8. The van der Waals surface area contributed by atoms with E-state index in [0.29, 0.717) is 57.0 Å². The second-order valence-electron chi connectivity index (χ2n) is 15.5. The molecule has 13 heteroatoms. The van der Waals surface area contributed by atoms with E-state index in [1.165, 1.54) is 54.1 Å². The molecule has 0 amide bonds. The fourth-order valence-corrected chi connectivity index (χ4v) is 6.75. The number of piperazine rings is 2. The van der Waals surface area contributed by atoms with Crippen molar-refractivity contribution in [2.45, 2.75) is 91.2 Å². The Morgan fingerprint density at radius 2 is 0.852 bits per heavy atom. The van der Waals surface area contributed by atoms with E-state index in [4.69, 9.17) is 0 Å². The summed E-state index contributed by atoms with van der Waals surface area (Å²) in [6.45, 7) is 19.4. The molecule has 0 aromatic carbocycles. The zero-order valence-corrected chi connectivity index (χ0v) is 33.1. The minimum atomic E-state index is -4.11. The van der Waals surface area contributed by atoms with Crippen LogP contribution in [-0.4, -0.2) is 116 Å². The molecule has 0 atom stereocenters. The zero-order chi connectivity index (χ0) is 39.3. The van der Waals surface area contributed by atoms with Gasteiger partial charge in [-0.1, -0.05) is 41.5 Å². The van der Waals surface area contributed by atoms with Crippen molar-refractivity contribution in [1.29, 1.82) is 0 Å². The molecule has 3 aliphatic rings. The van der Waals surface area contributed by atoms with Gasteiger partial charge < -0.3 is 14.7 Å². The highest BCUT2D eigenvalue weighted by Gasteiger charge is 2.32. The number of alkyl halides is 5. The van der Waals surface area contributed by atoms with Gasteiger partial charge in [0.2, 0.25) is 0 Å². The molecule has 3 aromatic rings. The van der Waals surface area contributed by atoms with Crippen LogP contribution in [0, 0.1) is 0 Å². The van der Waals surface area contributed by atoms with Crippen LogP contribution in [0.4, 0.5) is 39.0 Å². The van der Waals surface area contributed by atoms with Crippen molar-refractivity contribution < 1.29 is 22.0 Å². The first-order valence-electron chi connectivity index (χ1n) is 19.6. The standard InChI is InChI=1S/C14H20F3N3.C14H21F2N3.C13H20N2/c1-11(2)12-7-13(9-18-8-12)20-5-3-19(4-6-20)10-14(15,16)17;1-11(2)12-7-13(9-17-8-12)19-5-3-18(4-6-19)10-14(15)16;1-11(2)12-8-13(10-14-9-12)15-6-4-3-5-7-15/h7-9,11H,3-6,10H2,1-2H3;7-9,11,14H,3-6,10H2,1-2H3;8-11H,3-7H2,1-2H3. The highest BCUT2D eigenvalue weighted by molar-refractivity contribution is 5.49. The molecule has 3 fully saturated rings. The smallest absolute Gasteiger partial charge is 0.370 e. The van der Waals surface area contributed by atoms with Crippen LogP contribution < -0.4 is 14.7 Å². The van der Waals surface area contributed by atoms with Crippen molar-refractivity contribution in [3.05, 3.63) is 72.1 Å². The Hall–Kier alpha value is -3.58. The summed E-state index contributed by atoms with van der Waals surface area (Å²) in [6, 6.07) is 6.53. The van der Waals surface area contributed by atoms with Crippen LogP contribution in [0.1, 0.15) is 95.2 Å². The molecule has 0 saturated carbocycles. The van der Waals surface area contributed by atoms with E-state index < -0.39 is 19.1 Å². The minimum Gasteiger partial charge on any atom is -0.370 e. The van der Waals surface area contributed by atoms with E-state index in [2.05, 4.69) is 89.4 Å². The summed E-state index contributed by atoms with van der Waals surface area (Å²) in [5, 5.41) is 0. The molecule has 300 valence electrons. The van der Waals surface area contributed by atoms with E-state index >= 15 is 0 Å². The van der Waals surface area contributed by atoms with Gasteiger partial charge in [-0.2, -0.15) is 13.2 Å². The molecule has 6 rings (SSSR count). The first-order chi connectivity index (χ1) is 25.7. The SMILES string of the molecule is CC(C)c1cncc(N2CCCCC2)c1.CC(C)c1cncc(N2CCN(CC(F)(F)F)CC2)c1.CC(C)c1cncc(N2CCN(CC(F)F)CC2)c1. The minimum absolute atomic E-state index is 0.113. The predicted molar refractivity (Wildman–Crippen MR) is 210 cm³/mol. The summed E-state index contributed by atoms with van der Waals surface area (Å²) in [6.07, 6.45) is 9.04. The largest absolute Gasteiger partial charge is 0.401 e. The molecule has 0 aliphatic carbocycles. The van der Waals surface area contributed by atoms with Gasteiger partial charge in [-0.25, -0.2) is 8.78 Å². The maximum Gasteiger partial charge on any atom is 0.401 e. The highest BCUT2D eigenvalue weighted by atomic mass is 19.4. The average Bonchev–Trinajstić information content (AvgIpc) is 3.15. The zero-order valence-electron chi connectivity index (χ0n) is 33.1. The molecular formula is C41H61F5N8. The maximum absolute atomic E-state index is 12.3. The maximum atomic E-state index is 12.3. The number of rotatable bonds is 9. The van der Waals surface area contributed by atoms with Crippen LogP contribution in [0.5, 0.6) is 0 Å². The third-order valence-electron chi connectivity index (χ3n) is 10.2. The fourth-order valence-electron chi connectivity index (χ4n) is 6.75. The third kappa shape index (κ3) is 14.2. The molecule has 54 heavy (non-hydrogen) atoms. The molecule has 3 saturated heterocycles. The normalized spacial score (nSPS) is 17.5. The molecule has 8 nitrogen and oxygen atoms in total. The van der Waals surface area contributed by atoms with Gasteiger partial charge in [0.05, 0.1) is 48.7 Å². The van der Waals surface area contributed by atoms with E-state index in [1.807, 2.05) is 35.9 Å². The van der Waals surface area contributed by atoms with Crippen LogP contribution >= 0.6 is 0 Å². The van der Waals surface area contributed by atoms with Crippen LogP contribution in [0.25, 0.3) is 0 Å². The molecule has 0 unspecified atom stereocenters. The van der Waals surface area contributed by atoms with Crippen LogP contribution in [0.3, 0.4) is 0 Å². The van der Waals surface area contributed by atoms with Gasteiger partial charge in [0.1, 0.15) is 0 Å². The summed E-state index contributed by atoms with van der Waals surface area (Å²) in [7, 11) is 0. The highest BCUT2D eigenvalue weighted by Crippen LogP contribution is 2.25. The molecule has 3 aromatic heterocycles. The number of hydrogen-bond acceptors (Lipinski definition) is 8. The second kappa shape index (κ2) is 20.9. The van der Waals surface area contributed by atoms with E-state index in [9.17, 15) is 22.0 Å². The quantitative estimate of drug-likeness (QED) is 0.201. The lowest BCUT2D eigenvalue weighted by Crippen LogP contribution is -2.49. The van der Waals surface area contributed by atoms with Gasteiger partial charge in [-0.3, -0.25) is 24.8 Å². The lowest BCUT2D eigenvalue weighted by Gasteiger charge is -2.36. The number of hydrogen-bond donors (Lipinski definition) is 0. The van der Waals surface area contributed by atoms with Crippen molar-refractivity contribution in [2.24, 2.45) is 0 Å². The fraction of sp³-hybridized carbons (Fsp3) is 0.634. The Bertz CT molecular complexity index is 1510. The van der Waals surface area contributed by atoms with Gasteiger partial charge >= 0.3 is 6.18 Å². The molecule has 3 aliphatic heterocycles. The van der Waals surface area contributed by atoms with Gasteiger partial charge in [0, 0.05) is 84.0 Å². The number of halogens is 5. The first kappa shape index (κ1) is 43.2. The lowest BCUT2D eigenvalue weighted by molar-refractivity contribution is -0.146. The van der Waals surface area contributed by atoms with Crippen molar-refractivity contribution in [3.63, 3.8) is 0 Å². The molecule has 0 N–H and O–H groups in total. The Morgan fingerprint density at radius 1 is 0.500 bits per heavy atom. The van der Waals surface area contributed by atoms with E-state index in [1.54, 1.807) is 6.20 Å².